The first-order valence-electron chi connectivity index (χ1n) is 11.9. The Morgan fingerprint density at radius 1 is 1.21 bits per heavy atom. The lowest BCUT2D eigenvalue weighted by Crippen LogP contribution is -2.58. The van der Waals surface area contributed by atoms with Crippen molar-refractivity contribution in [2.24, 2.45) is 17.8 Å². The van der Waals surface area contributed by atoms with Crippen LogP contribution in [0.15, 0.2) is 30.3 Å². The van der Waals surface area contributed by atoms with Crippen LogP contribution in [-0.4, -0.2) is 64.7 Å². The number of carbonyl (C=O) groups excluding carboxylic acids is 3. The molecule has 3 fully saturated rings. The van der Waals surface area contributed by atoms with E-state index >= 15 is 0 Å². The molecule has 1 aromatic carbocycles. The molecule has 2 unspecified atom stereocenters. The molecule has 0 saturated carbocycles. The average Bonchev–Trinajstić information content (AvgIpc) is 3.42. The number of nitrogens with zero attached hydrogens (tertiary/aromatic N) is 1. The number of amides is 3. The summed E-state index contributed by atoms with van der Waals surface area (Å²) in [6.45, 7) is 5.86. The fraction of sp³-hybridized carbons (Fsp3) is 0.640. The van der Waals surface area contributed by atoms with Gasteiger partial charge in [-0.1, -0.05) is 51.1 Å². The number of likely N-dealkylation sites (tertiary alicyclic amines) is 1. The Morgan fingerprint density at radius 3 is 2.48 bits per heavy atom. The smallest absolute Gasteiger partial charge is 0.246 e. The van der Waals surface area contributed by atoms with Crippen LogP contribution < -0.4 is 10.6 Å². The summed E-state index contributed by atoms with van der Waals surface area (Å²) in [5.74, 6) is -2.29. The molecule has 6 atom stereocenters. The number of benzene rings is 1. The first kappa shape index (κ1) is 23.7. The van der Waals surface area contributed by atoms with Crippen molar-refractivity contribution in [3.8, 4) is 0 Å². The Bertz CT molecular complexity index is 922. The highest BCUT2D eigenvalue weighted by molar-refractivity contribution is 5.99. The summed E-state index contributed by atoms with van der Waals surface area (Å²) >= 11 is 0. The van der Waals surface area contributed by atoms with Gasteiger partial charge in [0.05, 0.1) is 30.1 Å². The fourth-order valence-corrected chi connectivity index (χ4v) is 6.37. The highest BCUT2D eigenvalue weighted by atomic mass is 16.5. The van der Waals surface area contributed by atoms with Crippen molar-refractivity contribution in [3.05, 3.63) is 35.9 Å². The average molecular weight is 458 g/mol. The van der Waals surface area contributed by atoms with Gasteiger partial charge in [-0.15, -0.1) is 0 Å². The van der Waals surface area contributed by atoms with Crippen LogP contribution in [0.1, 0.15) is 45.6 Å². The predicted octanol–water partition coefficient (Wildman–Crippen LogP) is 1.22. The van der Waals surface area contributed by atoms with Gasteiger partial charge < -0.3 is 25.4 Å². The first-order chi connectivity index (χ1) is 15.8. The molecule has 3 aliphatic rings. The second kappa shape index (κ2) is 8.72. The molecular weight excluding hydrogens is 422 g/mol. The molecule has 8 heteroatoms. The van der Waals surface area contributed by atoms with Crippen LogP contribution in [0.3, 0.4) is 0 Å². The zero-order valence-electron chi connectivity index (χ0n) is 19.8. The Hall–Kier alpha value is -2.45. The molecule has 0 radical (unpaired) electrons. The highest BCUT2D eigenvalue weighted by Crippen LogP contribution is 2.64. The maximum absolute atomic E-state index is 13.9. The molecule has 8 nitrogen and oxygen atoms in total. The van der Waals surface area contributed by atoms with Crippen LogP contribution >= 0.6 is 0 Å². The van der Waals surface area contributed by atoms with Gasteiger partial charge in [0.25, 0.3) is 0 Å². The number of ether oxygens (including phenoxy) is 1. The zero-order chi connectivity index (χ0) is 24.0. The van der Waals surface area contributed by atoms with Crippen LogP contribution in [0.4, 0.5) is 0 Å². The van der Waals surface area contributed by atoms with Gasteiger partial charge in [0.1, 0.15) is 11.6 Å². The van der Waals surface area contributed by atoms with Crippen LogP contribution in [0.5, 0.6) is 0 Å². The molecule has 1 spiro atoms. The number of hydrogen-bond donors (Lipinski definition) is 3. The SMILES string of the molecule is CC[C@@]12CCC3(O1)C(C(=O)NCc1ccccc1)N([C@@H](CO)C(C)C)C(=O)[C@@H]3[C@@H]2C(=O)NC. The normalized spacial score (nSPS) is 33.3. The quantitative estimate of drug-likeness (QED) is 0.544. The zero-order valence-corrected chi connectivity index (χ0v) is 19.8. The number of carbonyl (C=O) groups is 3. The lowest BCUT2D eigenvalue weighted by atomic mass is 9.65. The minimum atomic E-state index is -1.08. The van der Waals surface area contributed by atoms with Gasteiger partial charge in [0.2, 0.25) is 17.7 Å². The van der Waals surface area contributed by atoms with Gasteiger partial charge in [-0.05, 0) is 30.7 Å². The molecule has 4 rings (SSSR count). The third-order valence-corrected chi connectivity index (χ3v) is 8.02. The Morgan fingerprint density at radius 2 is 1.91 bits per heavy atom. The topological polar surface area (TPSA) is 108 Å². The van der Waals surface area contributed by atoms with Gasteiger partial charge in [0.15, 0.2) is 0 Å². The van der Waals surface area contributed by atoms with E-state index in [0.29, 0.717) is 25.8 Å². The molecule has 0 aliphatic carbocycles. The second-order valence-corrected chi connectivity index (χ2v) is 9.89. The first-order valence-corrected chi connectivity index (χ1v) is 11.9. The minimum absolute atomic E-state index is 0.0746. The van der Waals surface area contributed by atoms with Crippen molar-refractivity contribution in [2.45, 2.75) is 69.9 Å². The molecule has 2 bridgehead atoms. The lowest BCUT2D eigenvalue weighted by Gasteiger charge is -2.38. The van der Waals surface area contributed by atoms with E-state index < -0.39 is 35.1 Å². The van der Waals surface area contributed by atoms with Gasteiger partial charge >= 0.3 is 0 Å². The Labute approximate surface area is 195 Å². The van der Waals surface area contributed by atoms with Crippen LogP contribution in [0.2, 0.25) is 0 Å². The number of rotatable bonds is 8. The van der Waals surface area contributed by atoms with Crippen molar-refractivity contribution >= 4 is 17.7 Å². The number of hydrogen-bond acceptors (Lipinski definition) is 5. The van der Waals surface area contributed by atoms with Crippen molar-refractivity contribution in [1.29, 1.82) is 0 Å². The number of nitrogens with one attached hydrogen (secondary N) is 2. The largest absolute Gasteiger partial charge is 0.394 e. The molecule has 33 heavy (non-hydrogen) atoms. The van der Waals surface area contributed by atoms with Gasteiger partial charge in [0, 0.05) is 13.6 Å². The number of fused-ring (bicyclic) bond motifs is 1. The highest BCUT2D eigenvalue weighted by Gasteiger charge is 2.79. The summed E-state index contributed by atoms with van der Waals surface area (Å²) in [6.07, 6.45) is 1.73. The summed E-state index contributed by atoms with van der Waals surface area (Å²) in [7, 11) is 1.57. The van der Waals surface area contributed by atoms with E-state index in [1.165, 1.54) is 4.90 Å². The minimum Gasteiger partial charge on any atom is -0.394 e. The number of aliphatic hydroxyl groups is 1. The van der Waals surface area contributed by atoms with E-state index in [0.717, 1.165) is 5.56 Å². The second-order valence-electron chi connectivity index (χ2n) is 9.89. The molecule has 3 amide bonds. The standard InChI is InChI=1S/C25H35N3O5/c1-5-24-11-12-25(33-24)19(18(24)21(30)26-4)23(32)28(17(14-29)15(2)3)20(25)22(31)27-13-16-9-7-6-8-10-16/h6-10,15,17-20,29H,5,11-14H2,1-4H3,(H,26,30)(H,27,31)/t17-,18+,19-,20?,24-,25?/m0/s1. The van der Waals surface area contributed by atoms with Crippen molar-refractivity contribution in [3.63, 3.8) is 0 Å². The summed E-state index contributed by atoms with van der Waals surface area (Å²) < 4.78 is 6.65. The van der Waals surface area contributed by atoms with Crippen LogP contribution in [-0.2, 0) is 25.7 Å². The molecule has 3 aliphatic heterocycles. The Balaban J connectivity index is 1.75. The van der Waals surface area contributed by atoms with E-state index in [1.54, 1.807) is 7.05 Å². The lowest BCUT2D eigenvalue weighted by molar-refractivity contribution is -0.152. The van der Waals surface area contributed by atoms with Crippen LogP contribution in [0.25, 0.3) is 0 Å². The summed E-state index contributed by atoms with van der Waals surface area (Å²) in [5, 5.41) is 15.9. The molecule has 1 aromatic rings. The molecule has 3 N–H and O–H groups in total. The van der Waals surface area contributed by atoms with E-state index in [2.05, 4.69) is 10.6 Å². The van der Waals surface area contributed by atoms with Crippen molar-refractivity contribution < 1.29 is 24.2 Å². The van der Waals surface area contributed by atoms with Gasteiger partial charge in [-0.2, -0.15) is 0 Å². The van der Waals surface area contributed by atoms with Crippen molar-refractivity contribution in [2.75, 3.05) is 13.7 Å². The molecule has 180 valence electrons. The van der Waals surface area contributed by atoms with Gasteiger partial charge in [-0.25, -0.2) is 0 Å². The molecular formula is C25H35N3O5. The molecule has 0 aromatic heterocycles. The summed E-state index contributed by atoms with van der Waals surface area (Å²) in [5.41, 5.74) is -0.882. The number of aliphatic hydroxyl groups excluding tert-OH is 1. The van der Waals surface area contributed by atoms with E-state index in [4.69, 9.17) is 4.74 Å². The maximum Gasteiger partial charge on any atom is 0.246 e. The monoisotopic (exact) mass is 457 g/mol. The summed E-state index contributed by atoms with van der Waals surface area (Å²) in [4.78, 5) is 42.2. The van der Waals surface area contributed by atoms with Crippen molar-refractivity contribution in [1.82, 2.24) is 15.5 Å². The molecule has 3 heterocycles. The summed E-state index contributed by atoms with van der Waals surface area (Å²) in [6, 6.07) is 8.13. The fourth-order valence-electron chi connectivity index (χ4n) is 6.37. The third-order valence-electron chi connectivity index (χ3n) is 8.02. The van der Waals surface area contributed by atoms with Crippen LogP contribution in [0, 0.1) is 17.8 Å². The van der Waals surface area contributed by atoms with E-state index in [-0.39, 0.29) is 30.2 Å². The third kappa shape index (κ3) is 3.46. The van der Waals surface area contributed by atoms with E-state index in [1.807, 2.05) is 51.1 Å². The van der Waals surface area contributed by atoms with Gasteiger partial charge in [-0.3, -0.25) is 14.4 Å². The molecule has 3 saturated heterocycles. The maximum atomic E-state index is 13.9. The van der Waals surface area contributed by atoms with E-state index in [9.17, 15) is 19.5 Å². The Kier molecular flexibility index (Phi) is 6.26. The predicted molar refractivity (Wildman–Crippen MR) is 122 cm³/mol.